The Morgan fingerprint density at radius 1 is 1.35 bits per heavy atom. The number of pyridine rings is 1. The maximum Gasteiger partial charge on any atom is 0.311 e. The lowest BCUT2D eigenvalue weighted by molar-refractivity contribution is -0.385. The SMILES string of the molecule is C=CCn1c(SCC(=O)Nc2cc(OC)c([N+](=O)[O-])cc2C)nnc1-c1ccncc1. The van der Waals surface area contributed by atoms with Crippen LogP contribution in [0.2, 0.25) is 0 Å². The van der Waals surface area contributed by atoms with E-state index in [9.17, 15) is 14.9 Å². The number of carbonyl (C=O) groups excluding carboxylic acids is 1. The molecule has 0 spiro atoms. The van der Waals surface area contributed by atoms with Crippen LogP contribution >= 0.6 is 11.8 Å². The van der Waals surface area contributed by atoms with Gasteiger partial charge in [0.15, 0.2) is 16.7 Å². The van der Waals surface area contributed by atoms with Crippen LogP contribution in [0.25, 0.3) is 11.4 Å². The van der Waals surface area contributed by atoms with E-state index in [-0.39, 0.29) is 23.1 Å². The number of nitro groups is 1. The number of anilines is 1. The Balaban J connectivity index is 1.74. The molecule has 1 N–H and O–H groups in total. The largest absolute Gasteiger partial charge is 0.490 e. The van der Waals surface area contributed by atoms with Gasteiger partial charge in [-0.1, -0.05) is 17.8 Å². The summed E-state index contributed by atoms with van der Waals surface area (Å²) in [6.07, 6.45) is 5.07. The van der Waals surface area contributed by atoms with Gasteiger partial charge < -0.3 is 10.1 Å². The average Bonchev–Trinajstić information content (AvgIpc) is 3.16. The molecule has 11 heteroatoms. The molecule has 0 bridgehead atoms. The molecule has 0 unspecified atom stereocenters. The number of thioether (sulfide) groups is 1. The van der Waals surface area contributed by atoms with Crippen LogP contribution in [0.15, 0.2) is 54.5 Å². The summed E-state index contributed by atoms with van der Waals surface area (Å²) in [5, 5.41) is 22.9. The van der Waals surface area contributed by atoms with E-state index in [1.807, 2.05) is 16.7 Å². The molecule has 1 aromatic carbocycles. The normalized spacial score (nSPS) is 10.5. The Morgan fingerprint density at radius 2 is 2.10 bits per heavy atom. The Morgan fingerprint density at radius 3 is 2.74 bits per heavy atom. The first-order chi connectivity index (χ1) is 14.9. The number of allylic oxidation sites excluding steroid dienone is 1. The van der Waals surface area contributed by atoms with E-state index in [2.05, 4.69) is 27.1 Å². The van der Waals surface area contributed by atoms with Crippen molar-refractivity contribution >= 4 is 29.0 Å². The lowest BCUT2D eigenvalue weighted by Crippen LogP contribution is -2.15. The van der Waals surface area contributed by atoms with Gasteiger partial charge in [0.1, 0.15) is 0 Å². The second-order valence-corrected chi connectivity index (χ2v) is 7.32. The quantitative estimate of drug-likeness (QED) is 0.232. The summed E-state index contributed by atoms with van der Waals surface area (Å²) in [5.74, 6) is 0.514. The number of carbonyl (C=O) groups is 1. The lowest BCUT2D eigenvalue weighted by atomic mass is 10.1. The van der Waals surface area contributed by atoms with E-state index in [0.29, 0.717) is 28.8 Å². The van der Waals surface area contributed by atoms with Crippen LogP contribution in [0.4, 0.5) is 11.4 Å². The Labute approximate surface area is 182 Å². The molecule has 31 heavy (non-hydrogen) atoms. The van der Waals surface area contributed by atoms with E-state index < -0.39 is 4.92 Å². The fourth-order valence-electron chi connectivity index (χ4n) is 2.83. The van der Waals surface area contributed by atoms with Gasteiger partial charge >= 0.3 is 5.69 Å². The molecule has 2 aromatic heterocycles. The number of amides is 1. The second-order valence-electron chi connectivity index (χ2n) is 6.37. The topological polar surface area (TPSA) is 125 Å². The van der Waals surface area contributed by atoms with Gasteiger partial charge in [-0.3, -0.25) is 24.5 Å². The van der Waals surface area contributed by atoms with E-state index in [0.717, 1.165) is 5.56 Å². The predicted molar refractivity (Wildman–Crippen MR) is 117 cm³/mol. The standard InChI is InChI=1S/C20H20N6O4S/c1-4-9-25-19(14-5-7-21-8-6-14)23-24-20(25)31-12-18(27)22-15-11-17(30-3)16(26(28)29)10-13(15)2/h4-8,10-11H,1,9,12H2,2-3H3,(H,22,27). The van der Waals surface area contributed by atoms with Crippen LogP contribution in [0.1, 0.15) is 5.56 Å². The van der Waals surface area contributed by atoms with Crippen LogP contribution in [-0.2, 0) is 11.3 Å². The molecule has 0 saturated heterocycles. The molecule has 0 aliphatic heterocycles. The van der Waals surface area contributed by atoms with E-state index >= 15 is 0 Å². The van der Waals surface area contributed by atoms with Crippen molar-refractivity contribution in [3.8, 4) is 17.1 Å². The summed E-state index contributed by atoms with van der Waals surface area (Å²) in [4.78, 5) is 27.1. The van der Waals surface area contributed by atoms with Gasteiger partial charge in [-0.2, -0.15) is 0 Å². The number of methoxy groups -OCH3 is 1. The van der Waals surface area contributed by atoms with Crippen molar-refractivity contribution in [2.24, 2.45) is 0 Å². The maximum absolute atomic E-state index is 12.5. The molecular formula is C20H20N6O4S. The fraction of sp³-hybridized carbons (Fsp3) is 0.200. The number of nitrogens with zero attached hydrogens (tertiary/aromatic N) is 5. The van der Waals surface area contributed by atoms with Crippen LogP contribution in [0.5, 0.6) is 5.75 Å². The molecule has 3 aromatic rings. The first kappa shape index (κ1) is 22.0. The zero-order valence-electron chi connectivity index (χ0n) is 16.9. The van der Waals surface area contributed by atoms with Crippen molar-refractivity contribution < 1.29 is 14.5 Å². The highest BCUT2D eigenvalue weighted by molar-refractivity contribution is 7.99. The predicted octanol–water partition coefficient (Wildman–Crippen LogP) is 3.48. The summed E-state index contributed by atoms with van der Waals surface area (Å²) >= 11 is 1.23. The molecule has 0 aliphatic rings. The molecule has 0 aliphatic carbocycles. The lowest BCUT2D eigenvalue weighted by Gasteiger charge is -2.11. The van der Waals surface area contributed by atoms with Crippen molar-refractivity contribution in [2.45, 2.75) is 18.6 Å². The van der Waals surface area contributed by atoms with Gasteiger partial charge in [-0.05, 0) is 24.6 Å². The number of hydrogen-bond acceptors (Lipinski definition) is 8. The van der Waals surface area contributed by atoms with Gasteiger partial charge in [0, 0.05) is 42.3 Å². The van der Waals surface area contributed by atoms with Crippen molar-refractivity contribution in [3.05, 3.63) is 65.0 Å². The monoisotopic (exact) mass is 440 g/mol. The smallest absolute Gasteiger partial charge is 0.311 e. The molecular weight excluding hydrogens is 420 g/mol. The molecule has 3 rings (SSSR count). The number of nitrogens with one attached hydrogen (secondary N) is 1. The Kier molecular flexibility index (Phi) is 6.98. The maximum atomic E-state index is 12.5. The highest BCUT2D eigenvalue weighted by Gasteiger charge is 2.19. The van der Waals surface area contributed by atoms with E-state index in [4.69, 9.17) is 4.74 Å². The first-order valence-corrected chi connectivity index (χ1v) is 10.1. The van der Waals surface area contributed by atoms with Crippen LogP contribution < -0.4 is 10.1 Å². The second kappa shape index (κ2) is 9.85. The highest BCUT2D eigenvalue weighted by Crippen LogP contribution is 2.33. The van der Waals surface area contributed by atoms with Crippen LogP contribution in [0, 0.1) is 17.0 Å². The Bertz CT molecular complexity index is 1120. The minimum Gasteiger partial charge on any atom is -0.490 e. The summed E-state index contributed by atoms with van der Waals surface area (Å²) in [7, 11) is 1.34. The Hall–Kier alpha value is -3.73. The number of aryl methyl sites for hydroxylation is 1. The molecule has 0 saturated carbocycles. The minimum atomic E-state index is -0.528. The first-order valence-electron chi connectivity index (χ1n) is 9.14. The number of benzene rings is 1. The number of aromatic nitrogens is 4. The molecule has 10 nitrogen and oxygen atoms in total. The zero-order chi connectivity index (χ0) is 22.4. The van der Waals surface area contributed by atoms with Gasteiger partial charge in [0.05, 0.1) is 17.8 Å². The summed E-state index contributed by atoms with van der Waals surface area (Å²) in [6.45, 7) is 5.93. The molecule has 0 fully saturated rings. The summed E-state index contributed by atoms with van der Waals surface area (Å²) in [5.41, 5.74) is 1.70. The molecule has 0 radical (unpaired) electrons. The molecule has 2 heterocycles. The van der Waals surface area contributed by atoms with Crippen LogP contribution in [-0.4, -0.2) is 43.4 Å². The number of rotatable bonds is 9. The van der Waals surface area contributed by atoms with Gasteiger partial charge in [-0.15, -0.1) is 16.8 Å². The third kappa shape index (κ3) is 5.07. The molecule has 0 atom stereocenters. The number of hydrogen-bond donors (Lipinski definition) is 1. The van der Waals surface area contributed by atoms with Crippen molar-refractivity contribution in [1.29, 1.82) is 0 Å². The fourth-order valence-corrected chi connectivity index (χ4v) is 3.58. The van der Waals surface area contributed by atoms with E-state index in [1.54, 1.807) is 25.4 Å². The van der Waals surface area contributed by atoms with Gasteiger partial charge in [0.25, 0.3) is 0 Å². The average molecular weight is 440 g/mol. The number of nitro benzene ring substituents is 1. The highest BCUT2D eigenvalue weighted by atomic mass is 32.2. The van der Waals surface area contributed by atoms with E-state index in [1.165, 1.54) is 31.0 Å². The zero-order valence-corrected chi connectivity index (χ0v) is 17.8. The number of ether oxygens (including phenoxy) is 1. The van der Waals surface area contributed by atoms with Gasteiger partial charge in [0.2, 0.25) is 5.91 Å². The summed E-state index contributed by atoms with van der Waals surface area (Å²) < 4.78 is 6.93. The van der Waals surface area contributed by atoms with Crippen molar-refractivity contribution in [2.75, 3.05) is 18.2 Å². The third-order valence-electron chi connectivity index (χ3n) is 4.30. The van der Waals surface area contributed by atoms with Crippen molar-refractivity contribution in [3.63, 3.8) is 0 Å². The molecule has 160 valence electrons. The van der Waals surface area contributed by atoms with Crippen molar-refractivity contribution in [1.82, 2.24) is 19.7 Å². The molecule has 1 amide bonds. The third-order valence-corrected chi connectivity index (χ3v) is 5.26. The summed E-state index contributed by atoms with van der Waals surface area (Å²) in [6, 6.07) is 6.46. The minimum absolute atomic E-state index is 0.0738. The van der Waals surface area contributed by atoms with Crippen LogP contribution in [0.3, 0.4) is 0 Å². The van der Waals surface area contributed by atoms with Gasteiger partial charge in [-0.25, -0.2) is 0 Å².